The lowest BCUT2D eigenvalue weighted by atomic mass is 9.71. The molecule has 2 nitrogen and oxygen atoms in total. The van der Waals surface area contributed by atoms with Gasteiger partial charge in [-0.3, -0.25) is 0 Å². The molecule has 7 aromatic rings. The SMILES string of the molecule is c1ccc2c(c#1)C1(c3ccccc3-c3ccccc31)c1cccc(-c3cccc(-c4cccc(C5=CC(C6C=CC=CN6)Nc6ccccc65)c4)c3)c1-2. The lowest BCUT2D eigenvalue weighted by Crippen LogP contribution is -2.41. The summed E-state index contributed by atoms with van der Waals surface area (Å²) < 4.78 is 0. The standard InChI is InChI=1S/C51H34N2/c1-5-23-43-38(18-1)39-19-2-6-24-44(39)51(43)45-25-7-3-21-41(45)50-37(22-13-26-46(50)51)35-16-11-14-33(30-35)34-15-12-17-36(31-34)42-32-49(48-28-9-10-29-52-48)53-47-27-8-4-20-40(42)47/h1-6,8-24,26-32,48-49,52-53H. The number of fused-ring (bicyclic) bond motifs is 11. The molecule has 0 aromatic heterocycles. The first-order valence-electron chi connectivity index (χ1n) is 18.4. The topological polar surface area (TPSA) is 24.1 Å². The monoisotopic (exact) mass is 674 g/mol. The Labute approximate surface area is 310 Å². The summed E-state index contributed by atoms with van der Waals surface area (Å²) in [6.07, 6.45) is 10.8. The fraction of sp³-hybridized carbons (Fsp3) is 0.0588. The molecule has 0 saturated heterocycles. The number of anilines is 1. The average molecular weight is 675 g/mol. The highest BCUT2D eigenvalue weighted by atomic mass is 15.0. The van der Waals surface area contributed by atoms with E-state index >= 15 is 0 Å². The van der Waals surface area contributed by atoms with Crippen LogP contribution in [0.2, 0.25) is 0 Å². The normalized spacial score (nSPS) is 17.7. The van der Waals surface area contributed by atoms with Crippen LogP contribution in [0.15, 0.2) is 182 Å². The summed E-state index contributed by atoms with van der Waals surface area (Å²) in [5.41, 5.74) is 19.5. The Morgan fingerprint density at radius 2 is 1.15 bits per heavy atom. The third-order valence-electron chi connectivity index (χ3n) is 11.6. The molecule has 0 bridgehead atoms. The van der Waals surface area contributed by atoms with Crippen LogP contribution in [0, 0.1) is 12.1 Å². The predicted molar refractivity (Wildman–Crippen MR) is 217 cm³/mol. The van der Waals surface area contributed by atoms with E-state index in [0.717, 1.165) is 5.69 Å². The summed E-state index contributed by atoms with van der Waals surface area (Å²) in [7, 11) is 0. The smallest absolute Gasteiger partial charge is 0.0804 e. The van der Waals surface area contributed by atoms with E-state index in [1.165, 1.54) is 83.5 Å². The Hall–Kier alpha value is -6.82. The summed E-state index contributed by atoms with van der Waals surface area (Å²) in [5.74, 6) is 0. The molecule has 248 valence electrons. The molecule has 1 spiro atoms. The van der Waals surface area contributed by atoms with E-state index in [1.807, 2.05) is 18.3 Å². The maximum Gasteiger partial charge on any atom is 0.0804 e. The van der Waals surface area contributed by atoms with Crippen LogP contribution in [-0.4, -0.2) is 12.1 Å². The van der Waals surface area contributed by atoms with E-state index in [0.29, 0.717) is 0 Å². The Morgan fingerprint density at radius 1 is 0.509 bits per heavy atom. The van der Waals surface area contributed by atoms with Gasteiger partial charge in [-0.2, -0.15) is 0 Å². The molecule has 2 heterocycles. The van der Waals surface area contributed by atoms with Crippen LogP contribution >= 0.6 is 0 Å². The minimum absolute atomic E-state index is 0.119. The highest BCUT2D eigenvalue weighted by Crippen LogP contribution is 2.63. The molecule has 7 aromatic carbocycles. The first kappa shape index (κ1) is 29.9. The zero-order chi connectivity index (χ0) is 34.9. The Morgan fingerprint density at radius 3 is 1.92 bits per heavy atom. The molecule has 2 N–H and O–H groups in total. The molecule has 2 unspecified atom stereocenters. The van der Waals surface area contributed by atoms with Crippen molar-refractivity contribution in [3.63, 3.8) is 0 Å². The lowest BCUT2D eigenvalue weighted by Gasteiger charge is -2.32. The third kappa shape index (κ3) is 4.35. The quantitative estimate of drug-likeness (QED) is 0.194. The van der Waals surface area contributed by atoms with E-state index in [4.69, 9.17) is 0 Å². The molecule has 0 amide bonds. The van der Waals surface area contributed by atoms with Gasteiger partial charge >= 0.3 is 0 Å². The van der Waals surface area contributed by atoms with Gasteiger partial charge in [0.1, 0.15) is 0 Å². The van der Waals surface area contributed by atoms with Crippen molar-refractivity contribution in [2.45, 2.75) is 17.5 Å². The molecule has 2 atom stereocenters. The largest absolute Gasteiger partial charge is 0.382 e. The number of rotatable bonds is 4. The summed E-state index contributed by atoms with van der Waals surface area (Å²) in [5, 5.41) is 7.29. The van der Waals surface area contributed by atoms with Gasteiger partial charge < -0.3 is 10.6 Å². The van der Waals surface area contributed by atoms with Gasteiger partial charge in [0.2, 0.25) is 0 Å². The van der Waals surface area contributed by atoms with E-state index in [2.05, 4.69) is 187 Å². The minimum atomic E-state index is -0.437. The molecule has 0 radical (unpaired) electrons. The van der Waals surface area contributed by atoms with Crippen molar-refractivity contribution in [3.8, 4) is 44.5 Å². The van der Waals surface area contributed by atoms with E-state index in [9.17, 15) is 0 Å². The highest BCUT2D eigenvalue weighted by molar-refractivity contribution is 6.00. The number of benzene rings is 6. The molecule has 2 aliphatic carbocycles. The second-order valence-corrected chi connectivity index (χ2v) is 14.4. The van der Waals surface area contributed by atoms with Crippen molar-refractivity contribution in [2.75, 3.05) is 5.32 Å². The van der Waals surface area contributed by atoms with Crippen molar-refractivity contribution in [2.24, 2.45) is 0 Å². The van der Waals surface area contributed by atoms with Crippen molar-refractivity contribution < 1.29 is 0 Å². The molecule has 2 aliphatic heterocycles. The van der Waals surface area contributed by atoms with Gasteiger partial charge in [0.15, 0.2) is 0 Å². The summed E-state index contributed by atoms with van der Waals surface area (Å²) >= 11 is 0. The molecule has 53 heavy (non-hydrogen) atoms. The summed E-state index contributed by atoms with van der Waals surface area (Å²) in [6, 6.07) is 63.0. The molecule has 4 aliphatic rings. The van der Waals surface area contributed by atoms with Crippen LogP contribution in [0.3, 0.4) is 0 Å². The summed E-state index contributed by atoms with van der Waals surface area (Å²) in [4.78, 5) is 0. The number of hydrogen-bond acceptors (Lipinski definition) is 2. The van der Waals surface area contributed by atoms with Gasteiger partial charge in [-0.05, 0) is 115 Å². The Balaban J connectivity index is 1.04. The van der Waals surface area contributed by atoms with E-state index < -0.39 is 5.41 Å². The van der Waals surface area contributed by atoms with Crippen molar-refractivity contribution in [3.05, 3.63) is 228 Å². The molecule has 11 rings (SSSR count). The number of para-hydroxylation sites is 1. The first-order valence-corrected chi connectivity index (χ1v) is 18.4. The van der Waals surface area contributed by atoms with Gasteiger partial charge in [-0.25, -0.2) is 0 Å². The predicted octanol–water partition coefficient (Wildman–Crippen LogP) is 11.2. The molecular weight excluding hydrogens is 641 g/mol. The van der Waals surface area contributed by atoms with Gasteiger partial charge in [-0.1, -0.05) is 152 Å². The molecular formula is C51H34N2. The van der Waals surface area contributed by atoms with Crippen molar-refractivity contribution in [1.82, 2.24) is 5.32 Å². The second kappa shape index (κ2) is 11.6. The van der Waals surface area contributed by atoms with Gasteiger partial charge in [0.05, 0.1) is 17.5 Å². The average Bonchev–Trinajstić information content (AvgIpc) is 3.71. The fourth-order valence-electron chi connectivity index (χ4n) is 9.42. The number of hydrogen-bond donors (Lipinski definition) is 2. The molecule has 2 heteroatoms. The van der Waals surface area contributed by atoms with Crippen LogP contribution in [0.1, 0.15) is 33.4 Å². The van der Waals surface area contributed by atoms with Gasteiger partial charge in [0.25, 0.3) is 0 Å². The van der Waals surface area contributed by atoms with Gasteiger partial charge in [-0.15, -0.1) is 0 Å². The van der Waals surface area contributed by atoms with Crippen molar-refractivity contribution >= 4 is 11.3 Å². The lowest BCUT2D eigenvalue weighted by molar-refractivity contribution is 0.645. The van der Waals surface area contributed by atoms with E-state index in [-0.39, 0.29) is 12.1 Å². The van der Waals surface area contributed by atoms with Crippen molar-refractivity contribution in [1.29, 1.82) is 0 Å². The highest BCUT2D eigenvalue weighted by Gasteiger charge is 2.52. The maximum atomic E-state index is 3.77. The van der Waals surface area contributed by atoms with Crippen LogP contribution in [0.5, 0.6) is 0 Å². The number of dihydropyridines is 1. The zero-order valence-electron chi connectivity index (χ0n) is 29.0. The van der Waals surface area contributed by atoms with Crippen LogP contribution in [0.25, 0.3) is 50.1 Å². The number of nitrogens with one attached hydrogen (secondary N) is 2. The molecule has 0 fully saturated rings. The van der Waals surface area contributed by atoms with Crippen LogP contribution < -0.4 is 10.6 Å². The third-order valence-corrected chi connectivity index (χ3v) is 11.6. The Kier molecular flexibility index (Phi) is 6.54. The van der Waals surface area contributed by atoms with E-state index in [1.54, 1.807) is 0 Å². The number of allylic oxidation sites excluding steroid dienone is 2. The van der Waals surface area contributed by atoms with Crippen LogP contribution in [0.4, 0.5) is 5.69 Å². The fourth-order valence-corrected chi connectivity index (χ4v) is 9.42. The second-order valence-electron chi connectivity index (χ2n) is 14.4. The Bertz CT molecular complexity index is 2660. The summed E-state index contributed by atoms with van der Waals surface area (Å²) in [6.45, 7) is 0. The minimum Gasteiger partial charge on any atom is -0.382 e. The van der Waals surface area contributed by atoms with Gasteiger partial charge in [0, 0.05) is 16.8 Å². The first-order chi connectivity index (χ1) is 26.3. The van der Waals surface area contributed by atoms with Crippen LogP contribution in [-0.2, 0) is 5.41 Å². The molecule has 0 saturated carbocycles. The zero-order valence-corrected chi connectivity index (χ0v) is 29.0. The maximum absolute atomic E-state index is 3.77.